The molecule has 0 spiro atoms. The van der Waals surface area contributed by atoms with Gasteiger partial charge >= 0.3 is 13.5 Å². The van der Waals surface area contributed by atoms with E-state index in [9.17, 15) is 34.1 Å². The molecule has 42 heavy (non-hydrogen) atoms. The Balaban J connectivity index is 1.57. The number of anilines is 1. The molecule has 1 aliphatic rings. The summed E-state index contributed by atoms with van der Waals surface area (Å²) in [5, 5.41) is 14.5. The molecule has 1 aromatic carbocycles. The molecule has 0 saturated carbocycles. The van der Waals surface area contributed by atoms with Crippen LogP contribution in [0.4, 0.5) is 11.6 Å². The number of aromatic amines is 1. The van der Waals surface area contributed by atoms with Crippen molar-refractivity contribution >= 4 is 36.4 Å². The Morgan fingerprint density at radius 2 is 2.12 bits per heavy atom. The first-order chi connectivity index (χ1) is 19.8. The largest absolute Gasteiger partial charge is 0.490 e. The summed E-state index contributed by atoms with van der Waals surface area (Å²) in [6, 6.07) is 2.42. The molecule has 1 aliphatic heterocycles. The number of ether oxygens (including phenoxy) is 3. The number of hydrogen-bond donors (Lipinski definition) is 4. The SMILES string of the molecule is COc1cc(C(C)=O)c(COC[C@H]2O[C@@H](n3cnc4c(=O)[nH]c(NCC(C)C)nc43)C[C@@H]2OP(=O)(O)O)cc1[N+](=O)[O-]. The number of ketones is 1. The van der Waals surface area contributed by atoms with Gasteiger partial charge < -0.3 is 29.3 Å². The molecular formula is C24H31N6O11P. The van der Waals surface area contributed by atoms with Crippen molar-refractivity contribution in [3.63, 3.8) is 0 Å². The zero-order chi connectivity index (χ0) is 30.8. The van der Waals surface area contributed by atoms with E-state index < -0.39 is 36.7 Å². The van der Waals surface area contributed by atoms with E-state index in [-0.39, 0.29) is 71.0 Å². The number of fused-ring (bicyclic) bond motifs is 1. The van der Waals surface area contributed by atoms with Gasteiger partial charge in [0.1, 0.15) is 18.4 Å². The highest BCUT2D eigenvalue weighted by Crippen LogP contribution is 2.44. The molecule has 0 unspecified atom stereocenters. The number of Topliss-reactive ketones (excluding diaryl/α,β-unsaturated/α-hetero) is 1. The lowest BCUT2D eigenvalue weighted by Gasteiger charge is -2.19. The molecule has 3 atom stereocenters. The third-order valence-corrected chi connectivity index (χ3v) is 6.94. The summed E-state index contributed by atoms with van der Waals surface area (Å²) >= 11 is 0. The van der Waals surface area contributed by atoms with Crippen LogP contribution in [0.25, 0.3) is 11.2 Å². The normalized spacial score (nSPS) is 19.0. The third kappa shape index (κ3) is 7.18. The van der Waals surface area contributed by atoms with Crippen molar-refractivity contribution in [1.29, 1.82) is 0 Å². The lowest BCUT2D eigenvalue weighted by Crippen LogP contribution is -2.28. The topological polar surface area (TPSA) is 230 Å². The quantitative estimate of drug-likeness (QED) is 0.0942. The van der Waals surface area contributed by atoms with Gasteiger partial charge in [0.05, 0.1) is 31.6 Å². The standard InChI is InChI=1S/C24H31N6O11P/c1-12(2)8-25-24-27-22-21(23(32)28-24)26-11-29(22)20-7-18(41-42(35,36)37)19(40-20)10-39-9-14-5-16(30(33)34)17(38-4)6-15(14)13(3)31/h5-6,11-12,18-20H,7-10H2,1-4H3,(H2,35,36,37)(H2,25,27,28,32)/t18-,19+,20+/m0/s1. The highest BCUT2D eigenvalue weighted by atomic mass is 31.2. The molecule has 18 heteroatoms. The maximum atomic E-state index is 12.6. The van der Waals surface area contributed by atoms with Crippen molar-refractivity contribution < 1.29 is 42.8 Å². The minimum absolute atomic E-state index is 0.0405. The molecule has 228 valence electrons. The van der Waals surface area contributed by atoms with Gasteiger partial charge in [0.2, 0.25) is 5.95 Å². The van der Waals surface area contributed by atoms with Crippen LogP contribution in [0, 0.1) is 16.0 Å². The number of nitrogens with one attached hydrogen (secondary N) is 2. The first-order valence-electron chi connectivity index (χ1n) is 12.8. The van der Waals surface area contributed by atoms with Gasteiger partial charge in [-0.05, 0) is 24.5 Å². The predicted octanol–water partition coefficient (Wildman–Crippen LogP) is 2.29. The minimum Gasteiger partial charge on any atom is -0.490 e. The number of nitrogens with zero attached hydrogens (tertiary/aromatic N) is 4. The fraction of sp³-hybridized carbons (Fsp3) is 0.500. The van der Waals surface area contributed by atoms with E-state index in [1.165, 1.54) is 37.1 Å². The fourth-order valence-corrected chi connectivity index (χ4v) is 5.05. The number of nitro groups is 1. The van der Waals surface area contributed by atoms with Crippen LogP contribution in [0.15, 0.2) is 23.3 Å². The van der Waals surface area contributed by atoms with Crippen molar-refractivity contribution in [3.05, 3.63) is 50.1 Å². The molecule has 0 amide bonds. The number of imidazole rings is 1. The molecule has 2 aromatic heterocycles. The van der Waals surface area contributed by atoms with Crippen LogP contribution in [0.2, 0.25) is 0 Å². The summed E-state index contributed by atoms with van der Waals surface area (Å²) in [4.78, 5) is 65.7. The van der Waals surface area contributed by atoms with Gasteiger partial charge in [-0.1, -0.05) is 13.8 Å². The van der Waals surface area contributed by atoms with E-state index in [0.29, 0.717) is 6.54 Å². The predicted molar refractivity (Wildman–Crippen MR) is 146 cm³/mol. The molecule has 0 bridgehead atoms. The monoisotopic (exact) mass is 610 g/mol. The zero-order valence-electron chi connectivity index (χ0n) is 23.2. The number of nitro benzene ring substituents is 1. The van der Waals surface area contributed by atoms with Crippen molar-refractivity contribution in [2.24, 2.45) is 5.92 Å². The Morgan fingerprint density at radius 3 is 2.74 bits per heavy atom. The molecule has 0 aliphatic carbocycles. The Bertz CT molecular complexity index is 1580. The number of carbonyl (C=O) groups is 1. The summed E-state index contributed by atoms with van der Waals surface area (Å²) in [5.41, 5.74) is -0.267. The first kappa shape index (κ1) is 31.2. The van der Waals surface area contributed by atoms with E-state index in [1.54, 1.807) is 0 Å². The van der Waals surface area contributed by atoms with E-state index in [0.717, 1.165) is 0 Å². The second-order valence-electron chi connectivity index (χ2n) is 10.0. The Kier molecular flexibility index (Phi) is 9.40. The van der Waals surface area contributed by atoms with Gasteiger partial charge in [-0.3, -0.25) is 33.8 Å². The average Bonchev–Trinajstić information content (AvgIpc) is 3.50. The molecule has 1 fully saturated rings. The molecule has 4 N–H and O–H groups in total. The average molecular weight is 611 g/mol. The van der Waals surface area contributed by atoms with Crippen molar-refractivity contribution in [2.75, 3.05) is 25.6 Å². The Labute approximate surface area is 238 Å². The molecular weight excluding hydrogens is 579 g/mol. The summed E-state index contributed by atoms with van der Waals surface area (Å²) < 4.78 is 34.9. The molecule has 3 heterocycles. The Hall–Kier alpha value is -3.73. The zero-order valence-corrected chi connectivity index (χ0v) is 24.1. The van der Waals surface area contributed by atoms with Crippen molar-refractivity contribution in [2.45, 2.75) is 52.2 Å². The number of H-pyrrole nitrogens is 1. The van der Waals surface area contributed by atoms with Gasteiger partial charge in [-0.25, -0.2) is 9.55 Å². The molecule has 3 aromatic rings. The molecule has 0 radical (unpaired) electrons. The van der Waals surface area contributed by atoms with Gasteiger partial charge in [0, 0.05) is 24.6 Å². The van der Waals surface area contributed by atoms with Crippen LogP contribution >= 0.6 is 7.82 Å². The molecule has 1 saturated heterocycles. The summed E-state index contributed by atoms with van der Waals surface area (Å²) in [7, 11) is -3.70. The number of hydrogen-bond acceptors (Lipinski definition) is 12. The highest BCUT2D eigenvalue weighted by Gasteiger charge is 2.41. The van der Waals surface area contributed by atoms with Gasteiger partial charge in [0.25, 0.3) is 5.56 Å². The number of methoxy groups -OCH3 is 1. The van der Waals surface area contributed by atoms with E-state index in [4.69, 9.17) is 18.7 Å². The van der Waals surface area contributed by atoms with Crippen LogP contribution in [0.3, 0.4) is 0 Å². The van der Waals surface area contributed by atoms with Crippen LogP contribution < -0.4 is 15.6 Å². The Morgan fingerprint density at radius 1 is 1.38 bits per heavy atom. The van der Waals surface area contributed by atoms with Gasteiger partial charge in [-0.15, -0.1) is 0 Å². The van der Waals surface area contributed by atoms with Crippen LogP contribution in [-0.4, -0.2) is 72.5 Å². The van der Waals surface area contributed by atoms with E-state index >= 15 is 0 Å². The minimum atomic E-state index is -4.95. The number of carbonyl (C=O) groups excluding carboxylic acids is 1. The maximum absolute atomic E-state index is 12.6. The first-order valence-corrected chi connectivity index (χ1v) is 14.3. The third-order valence-electron chi connectivity index (χ3n) is 6.39. The number of rotatable bonds is 13. The highest BCUT2D eigenvalue weighted by molar-refractivity contribution is 7.46. The van der Waals surface area contributed by atoms with E-state index in [2.05, 4.69) is 20.3 Å². The summed E-state index contributed by atoms with van der Waals surface area (Å²) in [6.07, 6.45) is -1.78. The van der Waals surface area contributed by atoms with Crippen molar-refractivity contribution in [1.82, 2.24) is 19.5 Å². The van der Waals surface area contributed by atoms with Crippen LogP contribution in [-0.2, 0) is 25.2 Å². The van der Waals surface area contributed by atoms with E-state index in [1.807, 2.05) is 13.8 Å². The number of phosphoric acid groups is 1. The molecule has 17 nitrogen and oxygen atoms in total. The number of phosphoric ester groups is 1. The fourth-order valence-electron chi connectivity index (χ4n) is 4.48. The smallest absolute Gasteiger partial charge is 0.469 e. The maximum Gasteiger partial charge on any atom is 0.469 e. The molecule has 4 rings (SSSR count). The van der Waals surface area contributed by atoms with Crippen molar-refractivity contribution in [3.8, 4) is 5.75 Å². The number of aromatic nitrogens is 4. The van der Waals surface area contributed by atoms with Crippen LogP contribution in [0.5, 0.6) is 5.75 Å². The van der Waals surface area contributed by atoms with Gasteiger partial charge in [0.15, 0.2) is 22.7 Å². The second kappa shape index (κ2) is 12.6. The second-order valence-corrected chi connectivity index (χ2v) is 11.2. The van der Waals surface area contributed by atoms with Crippen LogP contribution in [0.1, 0.15) is 49.3 Å². The lowest BCUT2D eigenvalue weighted by atomic mass is 10.0. The lowest BCUT2D eigenvalue weighted by molar-refractivity contribution is -0.385. The van der Waals surface area contributed by atoms with Gasteiger partial charge in [-0.2, -0.15) is 4.98 Å². The summed E-state index contributed by atoms with van der Waals surface area (Å²) in [5.74, 6) is 0.0293. The summed E-state index contributed by atoms with van der Waals surface area (Å²) in [6.45, 7) is 5.28. The number of benzene rings is 1.